The first-order valence-electron chi connectivity index (χ1n) is 7.07. The molecule has 2 aliphatic rings. The van der Waals surface area contributed by atoms with Crippen molar-refractivity contribution in [3.05, 3.63) is 34.9 Å². The highest BCUT2D eigenvalue weighted by Gasteiger charge is 2.41. The van der Waals surface area contributed by atoms with E-state index in [0.29, 0.717) is 18.5 Å². The van der Waals surface area contributed by atoms with Crippen LogP contribution in [0.2, 0.25) is 0 Å². The van der Waals surface area contributed by atoms with Gasteiger partial charge in [0.25, 0.3) is 0 Å². The minimum atomic E-state index is -4.39. The molecule has 22 heavy (non-hydrogen) atoms. The van der Waals surface area contributed by atoms with Gasteiger partial charge in [-0.3, -0.25) is 4.90 Å². The Morgan fingerprint density at radius 3 is 2.59 bits per heavy atom. The molecule has 2 unspecified atom stereocenters. The number of rotatable bonds is 2. The van der Waals surface area contributed by atoms with Gasteiger partial charge in [-0.25, -0.2) is 8.42 Å². The Morgan fingerprint density at radius 2 is 2.05 bits per heavy atom. The van der Waals surface area contributed by atoms with Gasteiger partial charge in [0.05, 0.1) is 17.1 Å². The van der Waals surface area contributed by atoms with Crippen LogP contribution in [0.4, 0.5) is 13.2 Å². The monoisotopic (exact) mass is 334 g/mol. The molecular weight excluding hydrogens is 317 g/mol. The van der Waals surface area contributed by atoms with Gasteiger partial charge >= 0.3 is 6.18 Å². The first-order chi connectivity index (χ1) is 10.2. The van der Waals surface area contributed by atoms with Gasteiger partial charge in [0.1, 0.15) is 0 Å². The Hall–Kier alpha value is -1.12. The van der Waals surface area contributed by atoms with E-state index in [4.69, 9.17) is 5.73 Å². The maximum absolute atomic E-state index is 12.9. The summed E-state index contributed by atoms with van der Waals surface area (Å²) in [6, 6.07) is 3.18. The van der Waals surface area contributed by atoms with Crippen molar-refractivity contribution in [1.29, 1.82) is 0 Å². The highest BCUT2D eigenvalue weighted by Crippen LogP contribution is 2.40. The predicted octanol–water partition coefficient (Wildman–Crippen LogP) is 1.71. The lowest BCUT2D eigenvalue weighted by Gasteiger charge is -2.29. The maximum Gasteiger partial charge on any atom is 0.416 e. The van der Waals surface area contributed by atoms with Crippen LogP contribution in [-0.4, -0.2) is 37.4 Å². The molecule has 0 spiro atoms. The Balaban J connectivity index is 1.92. The molecule has 3 rings (SSSR count). The summed E-state index contributed by atoms with van der Waals surface area (Å²) in [4.78, 5) is 1.94. The molecule has 0 aliphatic carbocycles. The zero-order valence-corrected chi connectivity index (χ0v) is 12.6. The van der Waals surface area contributed by atoms with Crippen LogP contribution in [0.1, 0.15) is 29.2 Å². The molecule has 2 aliphatic heterocycles. The third-order valence-electron chi connectivity index (χ3n) is 4.49. The molecule has 0 bridgehead atoms. The molecular formula is C14H17F3N2O2S. The van der Waals surface area contributed by atoms with Crippen molar-refractivity contribution in [3.8, 4) is 0 Å². The van der Waals surface area contributed by atoms with E-state index < -0.39 is 21.6 Å². The first-order valence-corrected chi connectivity index (χ1v) is 8.89. The highest BCUT2D eigenvalue weighted by atomic mass is 32.2. The number of benzene rings is 1. The van der Waals surface area contributed by atoms with Gasteiger partial charge < -0.3 is 5.73 Å². The molecule has 0 amide bonds. The van der Waals surface area contributed by atoms with Gasteiger partial charge in [-0.1, -0.05) is 6.07 Å². The molecule has 4 nitrogen and oxygen atoms in total. The molecule has 2 heterocycles. The number of nitrogens with zero attached hydrogens (tertiary/aromatic N) is 1. The molecule has 8 heteroatoms. The van der Waals surface area contributed by atoms with Gasteiger partial charge in [0.15, 0.2) is 9.84 Å². The lowest BCUT2D eigenvalue weighted by molar-refractivity contribution is -0.137. The van der Waals surface area contributed by atoms with Crippen LogP contribution in [0.5, 0.6) is 0 Å². The van der Waals surface area contributed by atoms with Gasteiger partial charge in [-0.2, -0.15) is 13.2 Å². The fraction of sp³-hybridized carbons (Fsp3) is 0.571. The van der Waals surface area contributed by atoms with Crippen molar-refractivity contribution in [1.82, 2.24) is 4.90 Å². The molecule has 0 saturated carbocycles. The summed E-state index contributed by atoms with van der Waals surface area (Å²) in [6.07, 6.45) is -3.88. The second kappa shape index (κ2) is 5.21. The average molecular weight is 334 g/mol. The minimum Gasteiger partial charge on any atom is -0.329 e. The van der Waals surface area contributed by atoms with Crippen LogP contribution in [0.3, 0.4) is 0 Å². The zero-order valence-electron chi connectivity index (χ0n) is 11.8. The smallest absolute Gasteiger partial charge is 0.329 e. The van der Waals surface area contributed by atoms with Crippen molar-refractivity contribution in [2.45, 2.75) is 31.2 Å². The summed E-state index contributed by atoms with van der Waals surface area (Å²) in [5.74, 6) is 0.194. The molecule has 0 radical (unpaired) electrons. The number of halogens is 3. The van der Waals surface area contributed by atoms with Crippen molar-refractivity contribution >= 4 is 9.84 Å². The Bertz CT molecular complexity index is 688. The van der Waals surface area contributed by atoms with Gasteiger partial charge in [0, 0.05) is 25.2 Å². The van der Waals surface area contributed by atoms with E-state index in [9.17, 15) is 21.6 Å². The molecule has 2 atom stereocenters. The summed E-state index contributed by atoms with van der Waals surface area (Å²) in [5, 5.41) is 0. The van der Waals surface area contributed by atoms with Crippen LogP contribution in [0.25, 0.3) is 0 Å². The van der Waals surface area contributed by atoms with Crippen LogP contribution in [0.15, 0.2) is 18.2 Å². The third-order valence-corrected chi connectivity index (χ3v) is 6.24. The van der Waals surface area contributed by atoms with E-state index >= 15 is 0 Å². The second-order valence-corrected chi connectivity index (χ2v) is 8.12. The Morgan fingerprint density at radius 1 is 1.32 bits per heavy atom. The molecule has 1 aromatic carbocycles. The van der Waals surface area contributed by atoms with Gasteiger partial charge in [-0.05, 0) is 29.7 Å². The number of fused-ring (bicyclic) bond motifs is 1. The fourth-order valence-electron chi connectivity index (χ4n) is 3.39. The molecule has 1 saturated heterocycles. The Labute approximate surface area is 127 Å². The fourth-order valence-corrected chi connectivity index (χ4v) is 5.14. The third kappa shape index (κ3) is 2.75. The zero-order chi connectivity index (χ0) is 16.1. The lowest BCUT2D eigenvalue weighted by Crippen LogP contribution is -2.37. The van der Waals surface area contributed by atoms with Crippen molar-refractivity contribution in [2.75, 3.05) is 18.1 Å². The van der Waals surface area contributed by atoms with E-state index in [1.807, 2.05) is 4.90 Å². The van der Waals surface area contributed by atoms with Crippen LogP contribution in [0, 0.1) is 0 Å². The topological polar surface area (TPSA) is 63.4 Å². The highest BCUT2D eigenvalue weighted by molar-refractivity contribution is 7.91. The van der Waals surface area contributed by atoms with Crippen LogP contribution in [-0.2, 0) is 22.6 Å². The number of nitrogens with two attached hydrogens (primary N) is 1. The van der Waals surface area contributed by atoms with Crippen molar-refractivity contribution in [2.24, 2.45) is 5.73 Å². The SMILES string of the molecule is NCC1c2cc(C(F)(F)F)ccc2CN1C1CCS(=O)(=O)C1. The Kier molecular flexibility index (Phi) is 3.73. The summed E-state index contributed by atoms with van der Waals surface area (Å²) in [5.41, 5.74) is 6.44. The number of hydrogen-bond acceptors (Lipinski definition) is 4. The number of alkyl halides is 3. The lowest BCUT2D eigenvalue weighted by atomic mass is 10.0. The van der Waals surface area contributed by atoms with Crippen molar-refractivity contribution in [3.63, 3.8) is 0 Å². The first kappa shape index (κ1) is 15.8. The minimum absolute atomic E-state index is 0.0591. The summed E-state index contributed by atoms with van der Waals surface area (Å²) in [7, 11) is -3.05. The van der Waals surface area contributed by atoms with Crippen LogP contribution >= 0.6 is 0 Å². The summed E-state index contributed by atoms with van der Waals surface area (Å²) >= 11 is 0. The number of hydrogen-bond donors (Lipinski definition) is 1. The van der Waals surface area contributed by atoms with E-state index in [1.54, 1.807) is 0 Å². The average Bonchev–Trinajstić information content (AvgIpc) is 2.96. The predicted molar refractivity (Wildman–Crippen MR) is 75.8 cm³/mol. The quantitative estimate of drug-likeness (QED) is 0.894. The van der Waals surface area contributed by atoms with Gasteiger partial charge in [-0.15, -0.1) is 0 Å². The van der Waals surface area contributed by atoms with E-state index in [2.05, 4.69) is 0 Å². The molecule has 0 aromatic heterocycles. The van der Waals surface area contributed by atoms with Crippen LogP contribution < -0.4 is 5.73 Å². The van der Waals surface area contributed by atoms with E-state index in [0.717, 1.165) is 17.7 Å². The second-order valence-electron chi connectivity index (χ2n) is 5.89. The molecule has 1 fully saturated rings. The standard InChI is InChI=1S/C14H17F3N2O2S/c15-14(16,17)10-2-1-9-7-19(13(6-18)12(9)5-10)11-3-4-22(20,21)8-11/h1-2,5,11,13H,3-4,6-8,18H2. The summed E-state index contributed by atoms with van der Waals surface area (Å²) < 4.78 is 61.9. The number of sulfone groups is 1. The molecule has 1 aromatic rings. The van der Waals surface area contributed by atoms with E-state index in [-0.39, 0.29) is 30.1 Å². The van der Waals surface area contributed by atoms with Crippen molar-refractivity contribution < 1.29 is 21.6 Å². The normalized spacial score (nSPS) is 28.0. The molecule has 122 valence electrons. The molecule has 2 N–H and O–H groups in total. The van der Waals surface area contributed by atoms with E-state index in [1.165, 1.54) is 6.07 Å². The van der Waals surface area contributed by atoms with Gasteiger partial charge in [0.2, 0.25) is 0 Å². The maximum atomic E-state index is 12.9. The largest absolute Gasteiger partial charge is 0.416 e. The summed E-state index contributed by atoms with van der Waals surface area (Å²) in [6.45, 7) is 0.625.